The number of rotatable bonds is 4. The average Bonchev–Trinajstić information content (AvgIpc) is 3.01. The number of hydrogen-bond acceptors (Lipinski definition) is 4. The van der Waals surface area contributed by atoms with Crippen molar-refractivity contribution in [1.29, 1.82) is 0 Å². The van der Waals surface area contributed by atoms with Crippen LogP contribution in [-0.4, -0.2) is 48.2 Å². The van der Waals surface area contributed by atoms with Gasteiger partial charge in [-0.15, -0.1) is 0 Å². The fourth-order valence-corrected chi connectivity index (χ4v) is 3.23. The number of likely N-dealkylation sites (tertiary alicyclic amines) is 1. The van der Waals surface area contributed by atoms with Gasteiger partial charge >= 0.3 is 0 Å². The summed E-state index contributed by atoms with van der Waals surface area (Å²) in [6.45, 7) is 1.75. The predicted octanol–water partition coefficient (Wildman–Crippen LogP) is 2.15. The van der Waals surface area contributed by atoms with E-state index in [-0.39, 0.29) is 18.1 Å². The molecule has 1 fully saturated rings. The van der Waals surface area contributed by atoms with Crippen molar-refractivity contribution in [2.75, 3.05) is 26.7 Å². The maximum absolute atomic E-state index is 13.7. The van der Waals surface area contributed by atoms with Crippen LogP contribution in [0.1, 0.15) is 29.6 Å². The molecule has 23 heavy (non-hydrogen) atoms. The summed E-state index contributed by atoms with van der Waals surface area (Å²) in [5.74, 6) is -0.736. The lowest BCUT2D eigenvalue weighted by Crippen LogP contribution is -2.55. The van der Waals surface area contributed by atoms with Gasteiger partial charge in [0.1, 0.15) is 0 Å². The van der Waals surface area contributed by atoms with E-state index in [9.17, 15) is 14.3 Å². The standard InChI is InChI=1S/C17H21FN2O3/c1-20-8-5-17(6-9-20,7-10-21)19-16(22)13-2-3-14(18)15-12(13)4-11-23-15/h2-4,11,21H,5-10H2,1H3,(H,19,22). The van der Waals surface area contributed by atoms with Gasteiger partial charge in [-0.2, -0.15) is 0 Å². The molecule has 6 heteroatoms. The minimum absolute atomic E-state index is 0.0224. The molecular weight excluding hydrogens is 299 g/mol. The number of fused-ring (bicyclic) bond motifs is 1. The third-order valence-electron chi connectivity index (χ3n) is 4.73. The molecule has 1 saturated heterocycles. The van der Waals surface area contributed by atoms with Crippen LogP contribution in [0.4, 0.5) is 4.39 Å². The molecule has 0 unspecified atom stereocenters. The van der Waals surface area contributed by atoms with E-state index in [1.54, 1.807) is 6.07 Å². The van der Waals surface area contributed by atoms with E-state index in [1.807, 2.05) is 7.05 Å². The zero-order valence-electron chi connectivity index (χ0n) is 13.1. The number of piperidine rings is 1. The molecule has 1 aromatic heterocycles. The quantitative estimate of drug-likeness (QED) is 0.906. The Kier molecular flexibility index (Phi) is 4.37. The topological polar surface area (TPSA) is 65.7 Å². The highest BCUT2D eigenvalue weighted by atomic mass is 19.1. The first-order valence-electron chi connectivity index (χ1n) is 7.82. The van der Waals surface area contributed by atoms with Crippen molar-refractivity contribution >= 4 is 16.9 Å². The summed E-state index contributed by atoms with van der Waals surface area (Å²) in [4.78, 5) is 14.9. The fourth-order valence-electron chi connectivity index (χ4n) is 3.23. The van der Waals surface area contributed by atoms with Gasteiger partial charge in [0.2, 0.25) is 0 Å². The van der Waals surface area contributed by atoms with Crippen molar-refractivity contribution in [3.63, 3.8) is 0 Å². The molecule has 2 aromatic rings. The molecule has 0 bridgehead atoms. The number of hydrogen-bond donors (Lipinski definition) is 2. The Morgan fingerprint density at radius 1 is 1.39 bits per heavy atom. The number of nitrogens with zero attached hydrogens (tertiary/aromatic N) is 1. The Balaban J connectivity index is 1.86. The summed E-state index contributed by atoms with van der Waals surface area (Å²) < 4.78 is 18.8. The minimum Gasteiger partial charge on any atom is -0.461 e. The molecule has 1 aromatic carbocycles. The number of furan rings is 1. The van der Waals surface area contributed by atoms with Crippen molar-refractivity contribution in [3.8, 4) is 0 Å². The summed E-state index contributed by atoms with van der Waals surface area (Å²) in [7, 11) is 2.04. The molecule has 2 heterocycles. The van der Waals surface area contributed by atoms with E-state index in [0.717, 1.165) is 25.9 Å². The Labute approximate surface area is 134 Å². The fraction of sp³-hybridized carbons (Fsp3) is 0.471. The smallest absolute Gasteiger partial charge is 0.252 e. The van der Waals surface area contributed by atoms with Gasteiger partial charge in [-0.05, 0) is 44.5 Å². The number of nitrogens with one attached hydrogen (secondary N) is 1. The largest absolute Gasteiger partial charge is 0.461 e. The highest BCUT2D eigenvalue weighted by molar-refractivity contribution is 6.06. The Bertz CT molecular complexity index is 705. The number of carbonyl (C=O) groups excluding carboxylic acids is 1. The molecule has 3 rings (SSSR count). The molecule has 0 atom stereocenters. The maximum atomic E-state index is 13.7. The van der Waals surface area contributed by atoms with Crippen LogP contribution in [0, 0.1) is 5.82 Å². The minimum atomic E-state index is -0.481. The number of aliphatic hydroxyl groups is 1. The molecule has 124 valence electrons. The monoisotopic (exact) mass is 320 g/mol. The highest BCUT2D eigenvalue weighted by Crippen LogP contribution is 2.28. The first kappa shape index (κ1) is 16.0. The summed E-state index contributed by atoms with van der Waals surface area (Å²) in [5, 5.41) is 12.9. The third kappa shape index (κ3) is 3.09. The van der Waals surface area contributed by atoms with Crippen LogP contribution in [0.2, 0.25) is 0 Å². The van der Waals surface area contributed by atoms with Gasteiger partial charge in [0, 0.05) is 30.6 Å². The number of benzene rings is 1. The van der Waals surface area contributed by atoms with Crippen molar-refractivity contribution in [1.82, 2.24) is 10.2 Å². The van der Waals surface area contributed by atoms with Crippen LogP contribution in [0.3, 0.4) is 0 Å². The number of halogens is 1. The molecule has 1 aliphatic heterocycles. The van der Waals surface area contributed by atoms with Gasteiger partial charge in [-0.1, -0.05) is 0 Å². The van der Waals surface area contributed by atoms with E-state index >= 15 is 0 Å². The van der Waals surface area contributed by atoms with Gasteiger partial charge in [-0.25, -0.2) is 4.39 Å². The van der Waals surface area contributed by atoms with Crippen LogP contribution in [0.25, 0.3) is 11.0 Å². The SMILES string of the molecule is CN1CCC(CCO)(NC(=O)c2ccc(F)c3occc23)CC1. The van der Waals surface area contributed by atoms with Crippen molar-refractivity contribution in [3.05, 3.63) is 35.8 Å². The van der Waals surface area contributed by atoms with Crippen LogP contribution in [0.5, 0.6) is 0 Å². The zero-order chi connectivity index (χ0) is 16.4. The first-order valence-corrected chi connectivity index (χ1v) is 7.82. The van der Waals surface area contributed by atoms with Crippen LogP contribution >= 0.6 is 0 Å². The van der Waals surface area contributed by atoms with Gasteiger partial charge in [0.25, 0.3) is 5.91 Å². The van der Waals surface area contributed by atoms with E-state index in [4.69, 9.17) is 4.42 Å². The van der Waals surface area contributed by atoms with Crippen molar-refractivity contribution < 1.29 is 18.7 Å². The Hall–Kier alpha value is -1.92. The predicted molar refractivity (Wildman–Crippen MR) is 84.8 cm³/mol. The second kappa shape index (κ2) is 6.29. The second-order valence-electron chi connectivity index (χ2n) is 6.27. The molecule has 0 saturated carbocycles. The number of carbonyl (C=O) groups is 1. The van der Waals surface area contributed by atoms with E-state index in [2.05, 4.69) is 10.2 Å². The zero-order valence-corrected chi connectivity index (χ0v) is 13.1. The average molecular weight is 320 g/mol. The Morgan fingerprint density at radius 2 is 2.13 bits per heavy atom. The molecule has 1 aliphatic rings. The van der Waals surface area contributed by atoms with E-state index < -0.39 is 11.4 Å². The molecule has 5 nitrogen and oxygen atoms in total. The van der Waals surface area contributed by atoms with Gasteiger partial charge in [0.05, 0.1) is 11.8 Å². The van der Waals surface area contributed by atoms with Gasteiger partial charge < -0.3 is 19.7 Å². The summed E-state index contributed by atoms with van der Waals surface area (Å²) in [6, 6.07) is 4.32. The molecular formula is C17H21FN2O3. The molecule has 0 radical (unpaired) electrons. The lowest BCUT2D eigenvalue weighted by atomic mass is 9.84. The highest BCUT2D eigenvalue weighted by Gasteiger charge is 2.35. The lowest BCUT2D eigenvalue weighted by Gasteiger charge is -2.41. The van der Waals surface area contributed by atoms with Gasteiger partial charge in [-0.3, -0.25) is 4.79 Å². The molecule has 0 spiro atoms. The lowest BCUT2D eigenvalue weighted by molar-refractivity contribution is 0.0780. The number of amides is 1. The van der Waals surface area contributed by atoms with Crippen LogP contribution < -0.4 is 5.32 Å². The molecule has 1 amide bonds. The Morgan fingerprint density at radius 3 is 2.83 bits per heavy atom. The summed E-state index contributed by atoms with van der Waals surface area (Å²) in [5.41, 5.74) is 0.0756. The molecule has 0 aliphatic carbocycles. The van der Waals surface area contributed by atoms with Crippen LogP contribution in [-0.2, 0) is 0 Å². The second-order valence-corrected chi connectivity index (χ2v) is 6.27. The summed E-state index contributed by atoms with van der Waals surface area (Å²) in [6.07, 6.45) is 3.46. The first-order chi connectivity index (χ1) is 11.0. The summed E-state index contributed by atoms with van der Waals surface area (Å²) >= 11 is 0. The van der Waals surface area contributed by atoms with Gasteiger partial charge in [0.15, 0.2) is 11.4 Å². The number of aliphatic hydroxyl groups excluding tert-OH is 1. The van der Waals surface area contributed by atoms with Crippen molar-refractivity contribution in [2.45, 2.75) is 24.8 Å². The van der Waals surface area contributed by atoms with E-state index in [1.165, 1.54) is 18.4 Å². The van der Waals surface area contributed by atoms with Crippen LogP contribution in [0.15, 0.2) is 28.9 Å². The van der Waals surface area contributed by atoms with E-state index in [0.29, 0.717) is 17.4 Å². The third-order valence-corrected chi connectivity index (χ3v) is 4.73. The maximum Gasteiger partial charge on any atom is 0.252 e. The normalized spacial score (nSPS) is 18.2. The van der Waals surface area contributed by atoms with Crippen molar-refractivity contribution in [2.24, 2.45) is 0 Å². The molecule has 2 N–H and O–H groups in total.